The normalized spacial score (nSPS) is 10.4. The maximum atomic E-state index is 12.0. The lowest BCUT2D eigenvalue weighted by Gasteiger charge is -2.06. The molecule has 0 aliphatic carbocycles. The van der Waals surface area contributed by atoms with E-state index in [0.717, 1.165) is 17.0 Å². The standard InChI is InChI=1S/C14H15N3O4/c1-9-10(2)15-16(11(9)3)14(18)8-21-13-6-4-12(5-7-13)17(19)20/h4-7H,8H2,1-3H3. The van der Waals surface area contributed by atoms with Gasteiger partial charge in [0.1, 0.15) is 5.75 Å². The topological polar surface area (TPSA) is 87.3 Å². The van der Waals surface area contributed by atoms with E-state index in [1.807, 2.05) is 20.8 Å². The average Bonchev–Trinajstić information content (AvgIpc) is 2.73. The Morgan fingerprint density at radius 1 is 1.29 bits per heavy atom. The van der Waals surface area contributed by atoms with Crippen LogP contribution in [0.4, 0.5) is 5.69 Å². The van der Waals surface area contributed by atoms with E-state index in [4.69, 9.17) is 4.74 Å². The minimum atomic E-state index is -0.492. The molecule has 0 saturated heterocycles. The van der Waals surface area contributed by atoms with Crippen molar-refractivity contribution in [3.8, 4) is 5.75 Å². The number of nitrogens with zero attached hydrogens (tertiary/aromatic N) is 3. The maximum Gasteiger partial charge on any atom is 0.284 e. The lowest BCUT2D eigenvalue weighted by molar-refractivity contribution is -0.384. The Morgan fingerprint density at radius 2 is 1.90 bits per heavy atom. The monoisotopic (exact) mass is 289 g/mol. The van der Waals surface area contributed by atoms with Crippen molar-refractivity contribution in [2.45, 2.75) is 20.8 Å². The van der Waals surface area contributed by atoms with Crippen molar-refractivity contribution in [2.75, 3.05) is 6.61 Å². The van der Waals surface area contributed by atoms with Gasteiger partial charge in [-0.3, -0.25) is 14.9 Å². The molecule has 7 nitrogen and oxygen atoms in total. The SMILES string of the molecule is Cc1nn(C(=O)COc2ccc([N+](=O)[O-])cc2)c(C)c1C. The molecule has 1 aromatic carbocycles. The van der Waals surface area contributed by atoms with Crippen LogP contribution >= 0.6 is 0 Å². The summed E-state index contributed by atoms with van der Waals surface area (Å²) < 4.78 is 6.64. The highest BCUT2D eigenvalue weighted by Gasteiger charge is 2.14. The van der Waals surface area contributed by atoms with Crippen LogP contribution in [0.15, 0.2) is 24.3 Å². The van der Waals surface area contributed by atoms with Gasteiger partial charge in [0.15, 0.2) is 6.61 Å². The summed E-state index contributed by atoms with van der Waals surface area (Å²) >= 11 is 0. The molecule has 0 bridgehead atoms. The number of carbonyl (C=O) groups excluding carboxylic acids is 1. The number of benzene rings is 1. The Labute approximate surface area is 121 Å². The summed E-state index contributed by atoms with van der Waals surface area (Å²) in [6.45, 7) is 5.38. The van der Waals surface area contributed by atoms with Crippen LogP contribution in [0.5, 0.6) is 5.75 Å². The van der Waals surface area contributed by atoms with Crippen molar-refractivity contribution < 1.29 is 14.5 Å². The van der Waals surface area contributed by atoms with Crippen LogP contribution in [-0.4, -0.2) is 27.2 Å². The van der Waals surface area contributed by atoms with Crippen molar-refractivity contribution in [1.82, 2.24) is 9.78 Å². The Kier molecular flexibility index (Phi) is 4.02. The molecule has 0 aliphatic rings. The lowest BCUT2D eigenvalue weighted by Crippen LogP contribution is -2.21. The highest BCUT2D eigenvalue weighted by Crippen LogP contribution is 2.17. The summed E-state index contributed by atoms with van der Waals surface area (Å²) in [7, 11) is 0. The van der Waals surface area contributed by atoms with Gasteiger partial charge in [0.2, 0.25) is 0 Å². The molecule has 0 unspecified atom stereocenters. The molecular formula is C14H15N3O4. The minimum absolute atomic E-state index is 0.0251. The second-order valence-corrected chi connectivity index (χ2v) is 4.64. The van der Waals surface area contributed by atoms with Crippen LogP contribution in [0, 0.1) is 30.9 Å². The minimum Gasteiger partial charge on any atom is -0.484 e. The number of non-ortho nitro benzene ring substituents is 1. The highest BCUT2D eigenvalue weighted by atomic mass is 16.6. The second-order valence-electron chi connectivity index (χ2n) is 4.64. The van der Waals surface area contributed by atoms with Gasteiger partial charge in [0.05, 0.1) is 10.6 Å². The van der Waals surface area contributed by atoms with Gasteiger partial charge in [0.25, 0.3) is 11.6 Å². The number of hydrogen-bond donors (Lipinski definition) is 0. The fourth-order valence-electron chi connectivity index (χ4n) is 1.83. The molecule has 110 valence electrons. The largest absolute Gasteiger partial charge is 0.484 e. The number of aryl methyl sites for hydroxylation is 1. The van der Waals surface area contributed by atoms with Crippen LogP contribution < -0.4 is 4.74 Å². The first-order valence-corrected chi connectivity index (χ1v) is 6.33. The molecule has 0 saturated carbocycles. The molecule has 2 rings (SSSR count). The maximum absolute atomic E-state index is 12.0. The van der Waals surface area contributed by atoms with Gasteiger partial charge in [-0.05, 0) is 38.5 Å². The highest BCUT2D eigenvalue weighted by molar-refractivity contribution is 5.80. The fraction of sp³-hybridized carbons (Fsp3) is 0.286. The average molecular weight is 289 g/mol. The van der Waals surface area contributed by atoms with Gasteiger partial charge >= 0.3 is 0 Å². The Balaban J connectivity index is 2.04. The van der Waals surface area contributed by atoms with Crippen molar-refractivity contribution >= 4 is 11.6 Å². The van der Waals surface area contributed by atoms with E-state index >= 15 is 0 Å². The molecule has 0 atom stereocenters. The van der Waals surface area contributed by atoms with Crippen molar-refractivity contribution in [2.24, 2.45) is 0 Å². The molecule has 1 aromatic heterocycles. The number of carbonyl (C=O) groups is 1. The predicted molar refractivity (Wildman–Crippen MR) is 75.7 cm³/mol. The number of hydrogen-bond acceptors (Lipinski definition) is 5. The first-order valence-electron chi connectivity index (χ1n) is 6.33. The van der Waals surface area contributed by atoms with Gasteiger partial charge in [-0.25, -0.2) is 4.68 Å². The van der Waals surface area contributed by atoms with Crippen LogP contribution in [0.1, 0.15) is 21.7 Å². The van der Waals surface area contributed by atoms with E-state index < -0.39 is 4.92 Å². The zero-order valence-corrected chi connectivity index (χ0v) is 12.0. The van der Waals surface area contributed by atoms with Crippen molar-refractivity contribution in [1.29, 1.82) is 0 Å². The van der Waals surface area contributed by atoms with Crippen LogP contribution in [0.2, 0.25) is 0 Å². The third kappa shape index (κ3) is 3.07. The van der Waals surface area contributed by atoms with E-state index in [2.05, 4.69) is 5.10 Å². The zero-order valence-electron chi connectivity index (χ0n) is 12.0. The number of rotatable bonds is 4. The summed E-state index contributed by atoms with van der Waals surface area (Å²) in [4.78, 5) is 22.1. The number of ether oxygens (including phenoxy) is 1. The molecule has 0 N–H and O–H groups in total. The molecular weight excluding hydrogens is 274 g/mol. The summed E-state index contributed by atoms with van der Waals surface area (Å²) in [6.07, 6.45) is 0. The summed E-state index contributed by atoms with van der Waals surface area (Å²) in [5.74, 6) is 0.106. The van der Waals surface area contributed by atoms with E-state index in [1.165, 1.54) is 28.9 Å². The molecule has 0 fully saturated rings. The summed E-state index contributed by atoms with van der Waals surface area (Å²) in [6, 6.07) is 5.57. The molecule has 2 aromatic rings. The van der Waals surface area contributed by atoms with E-state index in [1.54, 1.807) is 0 Å². The van der Waals surface area contributed by atoms with Gasteiger partial charge in [-0.15, -0.1) is 0 Å². The molecule has 1 heterocycles. The third-order valence-electron chi connectivity index (χ3n) is 3.30. The van der Waals surface area contributed by atoms with Gasteiger partial charge in [-0.1, -0.05) is 0 Å². The van der Waals surface area contributed by atoms with Gasteiger partial charge in [-0.2, -0.15) is 5.10 Å². The molecule has 0 radical (unpaired) electrons. The molecule has 0 aliphatic heterocycles. The van der Waals surface area contributed by atoms with Crippen LogP contribution in [0.25, 0.3) is 0 Å². The molecule has 21 heavy (non-hydrogen) atoms. The quantitative estimate of drug-likeness (QED) is 0.637. The predicted octanol–water partition coefficient (Wildman–Crippen LogP) is 2.44. The zero-order chi connectivity index (χ0) is 15.6. The van der Waals surface area contributed by atoms with E-state index in [9.17, 15) is 14.9 Å². The summed E-state index contributed by atoms with van der Waals surface area (Å²) in [5, 5.41) is 14.7. The number of nitro groups is 1. The van der Waals surface area contributed by atoms with Crippen molar-refractivity contribution in [3.05, 3.63) is 51.3 Å². The van der Waals surface area contributed by atoms with E-state index in [-0.39, 0.29) is 18.2 Å². The first-order chi connectivity index (χ1) is 9.90. The fourth-order valence-corrected chi connectivity index (χ4v) is 1.83. The molecule has 0 spiro atoms. The lowest BCUT2D eigenvalue weighted by atomic mass is 10.2. The van der Waals surface area contributed by atoms with Crippen LogP contribution in [-0.2, 0) is 0 Å². The first kappa shape index (κ1) is 14.7. The molecule has 0 amide bonds. The Hall–Kier alpha value is -2.70. The Morgan fingerprint density at radius 3 is 2.38 bits per heavy atom. The summed E-state index contributed by atoms with van der Waals surface area (Å²) in [5.41, 5.74) is 2.53. The van der Waals surface area contributed by atoms with Gasteiger partial charge < -0.3 is 4.74 Å². The Bertz CT molecular complexity index is 689. The number of nitro benzene ring substituents is 1. The number of aromatic nitrogens is 2. The van der Waals surface area contributed by atoms with Crippen molar-refractivity contribution in [3.63, 3.8) is 0 Å². The van der Waals surface area contributed by atoms with Gasteiger partial charge in [0, 0.05) is 17.8 Å². The van der Waals surface area contributed by atoms with Crippen LogP contribution in [0.3, 0.4) is 0 Å². The third-order valence-corrected chi connectivity index (χ3v) is 3.30. The molecule has 7 heteroatoms. The van der Waals surface area contributed by atoms with E-state index in [0.29, 0.717) is 5.75 Å². The second kappa shape index (κ2) is 5.74. The smallest absolute Gasteiger partial charge is 0.284 e.